The number of carbonyl (C=O) groups is 3. The summed E-state index contributed by atoms with van der Waals surface area (Å²) in [5.74, 6) is -1.29. The molecule has 142 valence electrons. The van der Waals surface area contributed by atoms with Gasteiger partial charge in [-0.05, 0) is 38.1 Å². The van der Waals surface area contributed by atoms with Gasteiger partial charge in [-0.15, -0.1) is 0 Å². The number of ketones is 1. The number of nitrogens with zero attached hydrogens (tertiary/aromatic N) is 1. The van der Waals surface area contributed by atoms with Crippen molar-refractivity contribution in [2.75, 3.05) is 17.2 Å². The van der Waals surface area contributed by atoms with Crippen LogP contribution in [0.15, 0.2) is 60.3 Å². The van der Waals surface area contributed by atoms with Gasteiger partial charge in [-0.25, -0.2) is 4.79 Å². The number of esters is 1. The van der Waals surface area contributed by atoms with Gasteiger partial charge in [0, 0.05) is 17.5 Å². The number of carbonyl (C=O) groups excluding carboxylic acids is 3. The predicted molar refractivity (Wildman–Crippen MR) is 105 cm³/mol. The Morgan fingerprint density at radius 3 is 2.57 bits per heavy atom. The van der Waals surface area contributed by atoms with Crippen LogP contribution in [0.3, 0.4) is 0 Å². The van der Waals surface area contributed by atoms with Crippen molar-refractivity contribution in [3.05, 3.63) is 71.4 Å². The Balaban J connectivity index is 2.18. The largest absolute Gasteiger partial charge is 0.462 e. The summed E-state index contributed by atoms with van der Waals surface area (Å²) in [6.45, 7) is 3.35. The number of Topliss-reactive ketones (excluding diaryl/α,β-unsaturated/α-hetero) is 1. The zero-order valence-electron chi connectivity index (χ0n) is 15.5. The number of hydrogen-bond acceptors (Lipinski definition) is 6. The lowest BCUT2D eigenvalue weighted by Gasteiger charge is -2.09. The third-order valence-corrected chi connectivity index (χ3v) is 3.69. The molecule has 0 unspecified atom stereocenters. The summed E-state index contributed by atoms with van der Waals surface area (Å²) < 4.78 is 4.99. The molecule has 0 aromatic heterocycles. The topological polar surface area (TPSA) is 108 Å². The molecular formula is C21H19N3O4. The third-order valence-electron chi connectivity index (χ3n) is 3.69. The zero-order chi connectivity index (χ0) is 20.5. The normalized spacial score (nSPS) is 10.5. The van der Waals surface area contributed by atoms with E-state index in [4.69, 9.17) is 4.74 Å². The molecule has 0 aliphatic rings. The number of anilines is 2. The molecule has 0 radical (unpaired) electrons. The van der Waals surface area contributed by atoms with Crippen LogP contribution >= 0.6 is 0 Å². The SMILES string of the molecule is CCOC(=O)c1ccccc1N/C=C(/C#N)C(=O)Nc1cccc(C(C)=O)c1. The molecule has 0 saturated carbocycles. The van der Waals surface area contributed by atoms with E-state index in [9.17, 15) is 19.6 Å². The fraction of sp³-hybridized carbons (Fsp3) is 0.143. The summed E-state index contributed by atoms with van der Waals surface area (Å²) >= 11 is 0. The maximum absolute atomic E-state index is 12.3. The minimum Gasteiger partial charge on any atom is -0.462 e. The molecule has 2 N–H and O–H groups in total. The van der Waals surface area contributed by atoms with Crippen LogP contribution in [-0.4, -0.2) is 24.3 Å². The summed E-state index contributed by atoms with van der Waals surface area (Å²) in [6.07, 6.45) is 1.21. The number of para-hydroxylation sites is 1. The summed E-state index contributed by atoms with van der Waals surface area (Å²) in [5, 5.41) is 14.7. The van der Waals surface area contributed by atoms with E-state index >= 15 is 0 Å². The van der Waals surface area contributed by atoms with Gasteiger partial charge in [0.25, 0.3) is 5.91 Å². The first-order chi connectivity index (χ1) is 13.5. The average molecular weight is 377 g/mol. The molecule has 0 spiro atoms. The number of nitriles is 1. The third kappa shape index (κ3) is 5.29. The molecule has 0 bridgehead atoms. The summed E-state index contributed by atoms with van der Waals surface area (Å²) in [6, 6.07) is 14.8. The van der Waals surface area contributed by atoms with Crippen LogP contribution in [0.1, 0.15) is 34.6 Å². The Hall–Kier alpha value is -3.92. The highest BCUT2D eigenvalue weighted by Crippen LogP contribution is 2.17. The van der Waals surface area contributed by atoms with E-state index in [0.717, 1.165) is 0 Å². The van der Waals surface area contributed by atoms with E-state index in [1.807, 2.05) is 6.07 Å². The first-order valence-corrected chi connectivity index (χ1v) is 8.51. The number of nitrogens with one attached hydrogen (secondary N) is 2. The summed E-state index contributed by atoms with van der Waals surface area (Å²) in [4.78, 5) is 35.8. The highest BCUT2D eigenvalue weighted by molar-refractivity contribution is 6.07. The van der Waals surface area contributed by atoms with Crippen LogP contribution < -0.4 is 10.6 Å². The molecule has 0 aliphatic carbocycles. The van der Waals surface area contributed by atoms with Crippen molar-refractivity contribution in [3.8, 4) is 6.07 Å². The van der Waals surface area contributed by atoms with Crippen molar-refractivity contribution in [1.82, 2.24) is 0 Å². The number of rotatable bonds is 7. The molecule has 0 saturated heterocycles. The Bertz CT molecular complexity index is 974. The van der Waals surface area contributed by atoms with E-state index < -0.39 is 11.9 Å². The van der Waals surface area contributed by atoms with E-state index in [0.29, 0.717) is 16.9 Å². The lowest BCUT2D eigenvalue weighted by Crippen LogP contribution is -2.15. The number of amides is 1. The molecule has 2 rings (SSSR count). The molecule has 0 fully saturated rings. The van der Waals surface area contributed by atoms with E-state index in [2.05, 4.69) is 10.6 Å². The first-order valence-electron chi connectivity index (χ1n) is 8.51. The standard InChI is InChI=1S/C21H19N3O4/c1-3-28-21(27)18-9-4-5-10-19(18)23-13-16(12-22)20(26)24-17-8-6-7-15(11-17)14(2)25/h4-11,13,23H,3H2,1-2H3,(H,24,26)/b16-13-. The summed E-state index contributed by atoms with van der Waals surface area (Å²) in [5.41, 5.74) is 1.33. The first kappa shape index (κ1) is 20.4. The molecule has 28 heavy (non-hydrogen) atoms. The van der Waals surface area contributed by atoms with Gasteiger partial charge in [0.05, 0.1) is 17.9 Å². The highest BCUT2D eigenvalue weighted by atomic mass is 16.5. The molecule has 0 heterocycles. The Morgan fingerprint density at radius 1 is 1.14 bits per heavy atom. The highest BCUT2D eigenvalue weighted by Gasteiger charge is 2.13. The van der Waals surface area contributed by atoms with Crippen molar-refractivity contribution in [1.29, 1.82) is 5.26 Å². The minimum atomic E-state index is -0.649. The second-order valence-electron chi connectivity index (χ2n) is 5.67. The summed E-state index contributed by atoms with van der Waals surface area (Å²) in [7, 11) is 0. The number of ether oxygens (including phenoxy) is 1. The van der Waals surface area contributed by atoms with E-state index in [-0.39, 0.29) is 23.5 Å². The number of benzene rings is 2. The van der Waals surface area contributed by atoms with Crippen LogP contribution in [-0.2, 0) is 9.53 Å². The predicted octanol–water partition coefficient (Wildman–Crippen LogP) is 3.52. The molecule has 7 nitrogen and oxygen atoms in total. The van der Waals surface area contributed by atoms with Crippen molar-refractivity contribution in [3.63, 3.8) is 0 Å². The molecule has 0 atom stereocenters. The maximum Gasteiger partial charge on any atom is 0.340 e. The van der Waals surface area contributed by atoms with Crippen LogP contribution in [0.2, 0.25) is 0 Å². The Kier molecular flexibility index (Phi) is 7.06. The molecule has 7 heteroatoms. The van der Waals surface area contributed by atoms with Crippen molar-refractivity contribution in [2.24, 2.45) is 0 Å². The molecule has 0 aliphatic heterocycles. The minimum absolute atomic E-state index is 0.135. The maximum atomic E-state index is 12.3. The van der Waals surface area contributed by atoms with Crippen LogP contribution in [0.4, 0.5) is 11.4 Å². The second-order valence-corrected chi connectivity index (χ2v) is 5.67. The van der Waals surface area contributed by atoms with Gasteiger partial charge in [-0.1, -0.05) is 24.3 Å². The van der Waals surface area contributed by atoms with Crippen LogP contribution in [0.5, 0.6) is 0 Å². The lowest BCUT2D eigenvalue weighted by atomic mass is 10.1. The van der Waals surface area contributed by atoms with E-state index in [1.54, 1.807) is 49.4 Å². The van der Waals surface area contributed by atoms with Gasteiger partial charge in [-0.3, -0.25) is 9.59 Å². The lowest BCUT2D eigenvalue weighted by molar-refractivity contribution is -0.112. The van der Waals surface area contributed by atoms with Gasteiger partial charge < -0.3 is 15.4 Å². The fourth-order valence-electron chi connectivity index (χ4n) is 2.31. The van der Waals surface area contributed by atoms with Crippen LogP contribution in [0, 0.1) is 11.3 Å². The average Bonchev–Trinajstić information content (AvgIpc) is 2.69. The van der Waals surface area contributed by atoms with Gasteiger partial charge >= 0.3 is 5.97 Å². The van der Waals surface area contributed by atoms with E-state index in [1.165, 1.54) is 19.2 Å². The van der Waals surface area contributed by atoms with Gasteiger partial charge in [0.1, 0.15) is 11.6 Å². The fourth-order valence-corrected chi connectivity index (χ4v) is 2.31. The number of hydrogen-bond donors (Lipinski definition) is 2. The molecule has 2 aromatic carbocycles. The smallest absolute Gasteiger partial charge is 0.340 e. The van der Waals surface area contributed by atoms with Crippen LogP contribution in [0.25, 0.3) is 0 Å². The molecular weight excluding hydrogens is 358 g/mol. The monoisotopic (exact) mass is 377 g/mol. The van der Waals surface area contributed by atoms with Crippen molar-refractivity contribution >= 4 is 29.0 Å². The van der Waals surface area contributed by atoms with Crippen molar-refractivity contribution < 1.29 is 19.1 Å². The van der Waals surface area contributed by atoms with Gasteiger partial charge in [0.2, 0.25) is 0 Å². The van der Waals surface area contributed by atoms with Gasteiger partial charge in [-0.2, -0.15) is 5.26 Å². The molecule has 2 aromatic rings. The van der Waals surface area contributed by atoms with Crippen molar-refractivity contribution in [2.45, 2.75) is 13.8 Å². The van der Waals surface area contributed by atoms with Gasteiger partial charge in [0.15, 0.2) is 5.78 Å². The second kappa shape index (κ2) is 9.69. The quantitative estimate of drug-likeness (QED) is 0.331. The Labute approximate surface area is 162 Å². The Morgan fingerprint density at radius 2 is 1.89 bits per heavy atom. The zero-order valence-corrected chi connectivity index (χ0v) is 15.5. The molecule has 1 amide bonds.